The fourth-order valence-corrected chi connectivity index (χ4v) is 7.01. The SMILES string of the molecule is CCc1ccccc1NC(=O)COC(=O)[C@@H](C(C)C)N1C(=O)[C@@H]2C3c4ccccc4C(c4ccccc43)[C@@H]2C1=O. The molecule has 7 nitrogen and oxygen atoms in total. The van der Waals surface area contributed by atoms with E-state index in [2.05, 4.69) is 5.32 Å². The minimum atomic E-state index is -1.12. The minimum Gasteiger partial charge on any atom is -0.454 e. The van der Waals surface area contributed by atoms with Crippen molar-refractivity contribution in [3.8, 4) is 0 Å². The third-order valence-electron chi connectivity index (χ3n) is 8.65. The zero-order chi connectivity index (χ0) is 28.1. The van der Waals surface area contributed by atoms with Gasteiger partial charge in [0.1, 0.15) is 6.04 Å². The number of aryl methyl sites for hydroxylation is 1. The third kappa shape index (κ3) is 3.95. The van der Waals surface area contributed by atoms with Gasteiger partial charge in [0.15, 0.2) is 6.61 Å². The van der Waals surface area contributed by atoms with Crippen LogP contribution in [0.5, 0.6) is 0 Å². The molecule has 0 unspecified atom stereocenters. The molecule has 2 bridgehead atoms. The van der Waals surface area contributed by atoms with Gasteiger partial charge in [-0.2, -0.15) is 0 Å². The van der Waals surface area contributed by atoms with Crippen molar-refractivity contribution in [3.05, 3.63) is 101 Å². The van der Waals surface area contributed by atoms with Gasteiger partial charge in [-0.3, -0.25) is 19.3 Å². The van der Waals surface area contributed by atoms with E-state index in [1.54, 1.807) is 19.9 Å². The van der Waals surface area contributed by atoms with Crippen LogP contribution in [0.3, 0.4) is 0 Å². The molecule has 3 aromatic rings. The Balaban J connectivity index is 1.26. The number of anilines is 1. The zero-order valence-electron chi connectivity index (χ0n) is 22.8. The first kappa shape index (κ1) is 26.0. The van der Waals surface area contributed by atoms with Crippen molar-refractivity contribution in [2.45, 2.75) is 45.1 Å². The number of para-hydroxylation sites is 1. The molecule has 3 atom stereocenters. The van der Waals surface area contributed by atoms with Crippen LogP contribution in [0.25, 0.3) is 0 Å². The number of nitrogens with one attached hydrogen (secondary N) is 1. The summed E-state index contributed by atoms with van der Waals surface area (Å²) in [6, 6.07) is 22.4. The number of carbonyl (C=O) groups is 4. The summed E-state index contributed by atoms with van der Waals surface area (Å²) in [5, 5.41) is 2.79. The number of imide groups is 1. The van der Waals surface area contributed by atoms with Crippen molar-refractivity contribution in [3.63, 3.8) is 0 Å². The van der Waals surface area contributed by atoms with E-state index in [-0.39, 0.29) is 23.7 Å². The molecule has 1 fully saturated rings. The fourth-order valence-electron chi connectivity index (χ4n) is 7.01. The molecule has 1 N–H and O–H groups in total. The molecule has 4 aliphatic rings. The van der Waals surface area contributed by atoms with E-state index in [0.717, 1.165) is 39.1 Å². The monoisotopic (exact) mass is 536 g/mol. The Hall–Kier alpha value is -4.26. The first-order chi connectivity index (χ1) is 19.3. The van der Waals surface area contributed by atoms with Gasteiger partial charge in [-0.1, -0.05) is 87.5 Å². The minimum absolute atomic E-state index is 0.253. The lowest BCUT2D eigenvalue weighted by atomic mass is 9.55. The molecule has 7 rings (SSSR count). The molecule has 1 saturated heterocycles. The molecule has 1 aliphatic heterocycles. The van der Waals surface area contributed by atoms with E-state index in [0.29, 0.717) is 5.69 Å². The van der Waals surface area contributed by atoms with Gasteiger partial charge < -0.3 is 10.1 Å². The topological polar surface area (TPSA) is 92.8 Å². The number of benzene rings is 3. The highest BCUT2D eigenvalue weighted by Crippen LogP contribution is 2.61. The van der Waals surface area contributed by atoms with Crippen LogP contribution in [-0.2, 0) is 30.3 Å². The maximum atomic E-state index is 14.1. The Morgan fingerprint density at radius 3 is 1.75 bits per heavy atom. The van der Waals surface area contributed by atoms with E-state index >= 15 is 0 Å². The molecule has 0 aromatic heterocycles. The highest BCUT2D eigenvalue weighted by atomic mass is 16.5. The molecule has 40 heavy (non-hydrogen) atoms. The van der Waals surface area contributed by atoms with E-state index in [1.807, 2.05) is 73.7 Å². The normalized spacial score (nSPS) is 22.9. The van der Waals surface area contributed by atoms with Gasteiger partial charge in [0, 0.05) is 17.5 Å². The Morgan fingerprint density at radius 1 is 0.800 bits per heavy atom. The second kappa shape index (κ2) is 10.0. The molecule has 0 spiro atoms. The van der Waals surface area contributed by atoms with Gasteiger partial charge in [0.25, 0.3) is 5.91 Å². The Bertz CT molecular complexity index is 1410. The van der Waals surface area contributed by atoms with E-state index in [4.69, 9.17) is 4.74 Å². The number of amides is 3. The highest BCUT2D eigenvalue weighted by Gasteiger charge is 2.63. The van der Waals surface area contributed by atoms with Gasteiger partial charge >= 0.3 is 5.97 Å². The van der Waals surface area contributed by atoms with Gasteiger partial charge in [-0.05, 0) is 46.2 Å². The summed E-state index contributed by atoms with van der Waals surface area (Å²) in [6.45, 7) is 5.04. The molecule has 204 valence electrons. The molecule has 0 radical (unpaired) electrons. The summed E-state index contributed by atoms with van der Waals surface area (Å²) < 4.78 is 5.43. The van der Waals surface area contributed by atoms with Crippen LogP contribution >= 0.6 is 0 Å². The van der Waals surface area contributed by atoms with Crippen molar-refractivity contribution in [1.29, 1.82) is 0 Å². The van der Waals surface area contributed by atoms with Crippen LogP contribution in [0.2, 0.25) is 0 Å². The number of hydrogen-bond acceptors (Lipinski definition) is 5. The van der Waals surface area contributed by atoms with Crippen LogP contribution in [-0.4, -0.2) is 41.2 Å². The van der Waals surface area contributed by atoms with Crippen LogP contribution in [0.4, 0.5) is 5.69 Å². The summed E-state index contributed by atoms with van der Waals surface area (Å²) in [4.78, 5) is 55.4. The third-order valence-corrected chi connectivity index (χ3v) is 8.65. The predicted octanol–water partition coefficient (Wildman–Crippen LogP) is 4.65. The Labute approximate surface area is 233 Å². The molecular weight excluding hydrogens is 504 g/mol. The molecular formula is C33H32N2O5. The molecule has 1 heterocycles. The summed E-state index contributed by atoms with van der Waals surface area (Å²) >= 11 is 0. The molecule has 7 heteroatoms. The largest absolute Gasteiger partial charge is 0.454 e. The highest BCUT2D eigenvalue weighted by molar-refractivity contribution is 6.10. The van der Waals surface area contributed by atoms with Crippen LogP contribution in [0, 0.1) is 17.8 Å². The van der Waals surface area contributed by atoms with Crippen molar-refractivity contribution >= 4 is 29.4 Å². The lowest BCUT2D eigenvalue weighted by Crippen LogP contribution is -2.49. The number of carbonyl (C=O) groups excluding carboxylic acids is 4. The summed E-state index contributed by atoms with van der Waals surface area (Å²) in [5.41, 5.74) is 5.92. The van der Waals surface area contributed by atoms with Gasteiger partial charge in [-0.25, -0.2) is 4.79 Å². The van der Waals surface area contributed by atoms with Gasteiger partial charge in [-0.15, -0.1) is 0 Å². The number of nitrogens with zero attached hydrogens (tertiary/aromatic N) is 1. The van der Waals surface area contributed by atoms with Crippen molar-refractivity contribution < 1.29 is 23.9 Å². The fraction of sp³-hybridized carbons (Fsp3) is 0.333. The zero-order valence-corrected chi connectivity index (χ0v) is 22.8. The Kier molecular flexibility index (Phi) is 6.53. The smallest absolute Gasteiger partial charge is 0.330 e. The first-order valence-electron chi connectivity index (χ1n) is 13.9. The van der Waals surface area contributed by atoms with E-state index in [1.165, 1.54) is 0 Å². The van der Waals surface area contributed by atoms with Crippen molar-refractivity contribution in [1.82, 2.24) is 4.90 Å². The molecule has 3 aromatic carbocycles. The maximum Gasteiger partial charge on any atom is 0.330 e. The summed E-state index contributed by atoms with van der Waals surface area (Å²) in [7, 11) is 0. The van der Waals surface area contributed by atoms with Gasteiger partial charge in [0.05, 0.1) is 11.8 Å². The molecule has 3 aliphatic carbocycles. The first-order valence-corrected chi connectivity index (χ1v) is 13.9. The average Bonchev–Trinajstić information content (AvgIpc) is 3.22. The Morgan fingerprint density at radius 2 is 1.27 bits per heavy atom. The molecule has 3 amide bonds. The van der Waals surface area contributed by atoms with Crippen molar-refractivity contribution in [2.75, 3.05) is 11.9 Å². The number of rotatable bonds is 7. The van der Waals surface area contributed by atoms with Crippen LogP contribution < -0.4 is 5.32 Å². The van der Waals surface area contributed by atoms with Crippen LogP contribution in [0.15, 0.2) is 72.8 Å². The van der Waals surface area contributed by atoms with Crippen molar-refractivity contribution in [2.24, 2.45) is 17.8 Å². The van der Waals surface area contributed by atoms with E-state index in [9.17, 15) is 19.2 Å². The predicted molar refractivity (Wildman–Crippen MR) is 149 cm³/mol. The summed E-state index contributed by atoms with van der Waals surface area (Å²) in [5.74, 6) is -3.97. The quantitative estimate of drug-likeness (QED) is 0.351. The summed E-state index contributed by atoms with van der Waals surface area (Å²) in [6.07, 6.45) is 0.739. The van der Waals surface area contributed by atoms with Crippen LogP contribution in [0.1, 0.15) is 60.4 Å². The number of ether oxygens (including phenoxy) is 1. The number of hydrogen-bond donors (Lipinski definition) is 1. The lowest BCUT2D eigenvalue weighted by Gasteiger charge is -2.45. The van der Waals surface area contributed by atoms with Gasteiger partial charge in [0.2, 0.25) is 11.8 Å². The standard InChI is InChI=1S/C33H32N2O5/c1-4-19-11-5-10-16-24(19)34-25(36)17-40-33(39)30(18(2)3)35-31(37)28-26-20-12-6-7-13-21(20)27(29(28)32(35)38)23-15-9-8-14-22(23)26/h5-16,18,26-30H,4,17H2,1-3H3,(H,34,36)/t26?,27?,28-,29+,30-/m1/s1. The molecule has 0 saturated carbocycles. The number of likely N-dealkylation sites (tertiary alicyclic amines) is 1. The second-order valence-electron chi connectivity index (χ2n) is 11.2. The second-order valence-corrected chi connectivity index (χ2v) is 11.2. The maximum absolute atomic E-state index is 14.1. The number of esters is 1. The average molecular weight is 537 g/mol. The van der Waals surface area contributed by atoms with E-state index < -0.39 is 42.3 Å². The lowest BCUT2D eigenvalue weighted by molar-refractivity contribution is -0.162.